The van der Waals surface area contributed by atoms with Gasteiger partial charge in [0, 0.05) is 0 Å². The summed E-state index contributed by atoms with van der Waals surface area (Å²) in [6, 6.07) is 18.1. The van der Waals surface area contributed by atoms with Gasteiger partial charge >= 0.3 is 27.7 Å². The average molecular weight is 862 g/mol. The third-order valence-corrected chi connectivity index (χ3v) is 15.6. The van der Waals surface area contributed by atoms with Gasteiger partial charge in [0.2, 0.25) is 0 Å². The number of hydrogen-bond acceptors (Lipinski definition) is 0. The van der Waals surface area contributed by atoms with Crippen molar-refractivity contribution in [3.63, 3.8) is 0 Å². The van der Waals surface area contributed by atoms with Crippen LogP contribution in [0.25, 0.3) is 22.3 Å². The molecule has 0 unspecified atom stereocenters. The molecule has 3 aromatic rings. The van der Waals surface area contributed by atoms with Gasteiger partial charge in [-0.15, -0.1) is 0 Å². The van der Waals surface area contributed by atoms with Crippen molar-refractivity contribution in [1.29, 1.82) is 0 Å². The van der Waals surface area contributed by atoms with E-state index in [0.717, 1.165) is 11.3 Å². The van der Waals surface area contributed by atoms with Gasteiger partial charge < -0.3 is 0 Å². The van der Waals surface area contributed by atoms with E-state index in [-0.39, 0.29) is 7.92 Å². The summed E-state index contributed by atoms with van der Waals surface area (Å²) in [5.74, 6) is 2.94. The van der Waals surface area contributed by atoms with Crippen LogP contribution in [-0.2, 0) is 18.2 Å². The molecule has 0 nitrogen and oxygen atoms in total. The molecule has 0 N–H and O–H groups in total. The Morgan fingerprint density at radius 3 is 1.07 bits per heavy atom. The van der Waals surface area contributed by atoms with Crippen molar-refractivity contribution in [3.8, 4) is 22.3 Å². The molecule has 3 aromatic carbocycles. The minimum atomic E-state index is -0.348. The Balaban J connectivity index is 0.00000149. The fraction of sp³-hybridized carbons (Fsp3) is 0.588. The van der Waals surface area contributed by atoms with Crippen LogP contribution in [0.15, 0.2) is 55.1 Å². The number of halogens is 1. The van der Waals surface area contributed by atoms with E-state index in [4.69, 9.17) is 0 Å². The molecule has 2 aliphatic rings. The fourth-order valence-electron chi connectivity index (χ4n) is 9.14. The van der Waals surface area contributed by atoms with E-state index in [9.17, 15) is 0 Å². The first-order chi connectivity index (χ1) is 25.7. The average Bonchev–Trinajstić information content (AvgIpc) is 3.15. The molecular formula is C51H76ClPPd. The molecule has 0 aromatic heterocycles. The van der Waals surface area contributed by atoms with E-state index in [1.165, 1.54) is 81.4 Å². The van der Waals surface area contributed by atoms with Crippen LogP contribution in [0.3, 0.4) is 0 Å². The molecule has 2 fully saturated rings. The van der Waals surface area contributed by atoms with Crippen molar-refractivity contribution in [2.75, 3.05) is 0 Å². The van der Waals surface area contributed by atoms with Gasteiger partial charge in [0.05, 0.1) is 0 Å². The van der Waals surface area contributed by atoms with E-state index in [1.807, 2.05) is 0 Å². The third-order valence-electron chi connectivity index (χ3n) is 12.0. The van der Waals surface area contributed by atoms with Crippen LogP contribution in [0.2, 0.25) is 0 Å². The maximum atomic E-state index is 4.49. The third kappa shape index (κ3) is 11.4. The van der Waals surface area contributed by atoms with Crippen molar-refractivity contribution < 1.29 is 18.2 Å². The quantitative estimate of drug-likeness (QED) is 0.102. The fourth-order valence-corrected chi connectivity index (χ4v) is 13.2. The summed E-state index contributed by atoms with van der Waals surface area (Å²) in [4.78, 5) is 0. The molecule has 54 heavy (non-hydrogen) atoms. The molecule has 5 rings (SSSR count). The van der Waals surface area contributed by atoms with Crippen molar-refractivity contribution in [3.05, 3.63) is 95.4 Å². The van der Waals surface area contributed by atoms with E-state index in [0.29, 0.717) is 35.5 Å². The molecule has 0 spiro atoms. The first-order valence-electron chi connectivity index (χ1n) is 21.5. The molecule has 0 radical (unpaired) electrons. The Kier molecular flexibility index (Phi) is 19.6. The second-order valence-electron chi connectivity index (χ2n) is 18.1. The Bertz CT molecular complexity index is 1430. The Morgan fingerprint density at radius 1 is 0.556 bits per heavy atom. The molecule has 3 heteroatoms. The second kappa shape index (κ2) is 22.6. The Morgan fingerprint density at radius 2 is 0.833 bits per heavy atom. The van der Waals surface area contributed by atoms with Gasteiger partial charge in [-0.1, -0.05) is 172 Å². The zero-order valence-corrected chi connectivity index (χ0v) is 39.6. The molecule has 0 saturated heterocycles. The summed E-state index contributed by atoms with van der Waals surface area (Å²) in [5.41, 5.74) is 17.3. The molecular weight excluding hydrogens is 785 g/mol. The molecule has 0 atom stereocenters. The standard InChI is InChI=1S/C48H71P.C3H5.ClH.Pd/c1-30(2)36-26-42(32(5)6)46(43(27-36)33(7)8)40-24-19-25-41(47-44(34(9)10)28-37(31(3)4)29-45(47)35(11)12)48(40)49(38-20-15-13-16-21-38)39-22-17-14-18-23-39;1-3-2;;/h19,24-35,38-39H,13-18,20-23H2,1-12H3;3H,1-2H2;1H;/q;-1;;+2/p-1. The van der Waals surface area contributed by atoms with Crippen molar-refractivity contribution >= 4 is 22.8 Å². The molecule has 302 valence electrons. The van der Waals surface area contributed by atoms with E-state index in [1.54, 1.807) is 49.8 Å². The van der Waals surface area contributed by atoms with E-state index in [2.05, 4.69) is 167 Å². The summed E-state index contributed by atoms with van der Waals surface area (Å²) >= 11 is 2.22. The summed E-state index contributed by atoms with van der Waals surface area (Å²) < 4.78 is 0. The van der Waals surface area contributed by atoms with Gasteiger partial charge in [0.15, 0.2) is 0 Å². The minimum absolute atomic E-state index is 0.348. The van der Waals surface area contributed by atoms with Crippen LogP contribution in [0.4, 0.5) is 0 Å². The van der Waals surface area contributed by atoms with E-state index >= 15 is 0 Å². The molecule has 2 saturated carbocycles. The zero-order chi connectivity index (χ0) is 40.3. The van der Waals surface area contributed by atoms with Crippen LogP contribution >= 0.6 is 17.5 Å². The van der Waals surface area contributed by atoms with E-state index < -0.39 is 0 Å². The van der Waals surface area contributed by atoms with Crippen LogP contribution < -0.4 is 5.30 Å². The first-order valence-corrected chi connectivity index (χ1v) is 25.0. The van der Waals surface area contributed by atoms with Crippen LogP contribution in [0.1, 0.15) is 216 Å². The van der Waals surface area contributed by atoms with Gasteiger partial charge in [0.25, 0.3) is 0 Å². The number of allylic oxidation sites excluding steroid dienone is 1. The van der Waals surface area contributed by atoms with Crippen LogP contribution in [0.5, 0.6) is 0 Å². The number of hydrogen-bond donors (Lipinski definition) is 0. The van der Waals surface area contributed by atoms with Crippen LogP contribution in [-0.4, -0.2) is 11.3 Å². The van der Waals surface area contributed by atoms with Crippen LogP contribution in [0, 0.1) is 6.92 Å². The maximum absolute atomic E-state index is 4.49. The molecule has 2 aliphatic carbocycles. The first kappa shape index (κ1) is 47.0. The normalized spacial score (nSPS) is 15.7. The predicted molar refractivity (Wildman–Crippen MR) is 244 cm³/mol. The SMILES string of the molecule is C=C[CH2-].CC(C)c1cc(C(C)C)c(-c2cccc(-c3c(C(C)C)cc(C(C)C)cc3C(C)C)c2P(C2CCCCC2)C2CCCCC2)c(C(C)C)c1.[Cl][Pd+]. The predicted octanol–water partition coefficient (Wildman–Crippen LogP) is 17.2. The van der Waals surface area contributed by atoms with Gasteiger partial charge in [-0.25, -0.2) is 19.6 Å². The topological polar surface area (TPSA) is 0 Å². The summed E-state index contributed by atoms with van der Waals surface area (Å²) in [6.07, 6.45) is 15.7. The van der Waals surface area contributed by atoms with Gasteiger partial charge in [0.1, 0.15) is 0 Å². The monoisotopic (exact) mass is 860 g/mol. The van der Waals surface area contributed by atoms with Crippen molar-refractivity contribution in [2.45, 2.75) is 194 Å². The number of rotatable bonds is 11. The Hall–Kier alpha value is -1.35. The van der Waals surface area contributed by atoms with Gasteiger partial charge in [-0.2, -0.15) is 0 Å². The second-order valence-corrected chi connectivity index (χ2v) is 20.8. The van der Waals surface area contributed by atoms with Crippen molar-refractivity contribution in [1.82, 2.24) is 0 Å². The molecule has 0 bridgehead atoms. The molecule has 0 aliphatic heterocycles. The summed E-state index contributed by atoms with van der Waals surface area (Å²) in [5, 5.41) is 1.79. The number of benzene rings is 3. The summed E-state index contributed by atoms with van der Waals surface area (Å²) in [7, 11) is 4.14. The molecule has 0 heterocycles. The van der Waals surface area contributed by atoms with Gasteiger partial charge in [-0.3, -0.25) is 0 Å². The van der Waals surface area contributed by atoms with Gasteiger partial charge in [-0.05, 0) is 133 Å². The zero-order valence-electron chi connectivity index (χ0n) is 36.4. The molecule has 0 amide bonds. The van der Waals surface area contributed by atoms with Crippen molar-refractivity contribution in [2.24, 2.45) is 0 Å². The summed E-state index contributed by atoms with van der Waals surface area (Å²) in [6.45, 7) is 35.6. The Labute approximate surface area is 350 Å².